The molecule has 3 atom stereocenters. The molecule has 0 bridgehead atoms. The second-order valence-corrected chi connectivity index (χ2v) is 6.07. The molecule has 92 valence electrons. The van der Waals surface area contributed by atoms with Crippen molar-refractivity contribution in [2.75, 3.05) is 18.5 Å². The maximum absolute atomic E-state index is 12.4. The molecule has 1 saturated carbocycles. The highest BCUT2D eigenvalue weighted by Gasteiger charge is 2.46. The van der Waals surface area contributed by atoms with Crippen LogP contribution in [0.1, 0.15) is 17.8 Å². The van der Waals surface area contributed by atoms with E-state index in [9.17, 15) is 4.79 Å². The topological polar surface area (TPSA) is 45.2 Å². The van der Waals surface area contributed by atoms with Gasteiger partial charge in [0, 0.05) is 11.9 Å². The summed E-state index contributed by atoms with van der Waals surface area (Å²) in [5, 5.41) is 6.15. The first-order valence-electron chi connectivity index (χ1n) is 6.10. The van der Waals surface area contributed by atoms with E-state index in [2.05, 4.69) is 10.3 Å². The van der Waals surface area contributed by atoms with Crippen LogP contribution in [0.2, 0.25) is 0 Å². The number of nitrogens with one attached hydrogen (secondary N) is 1. The number of likely N-dealkylation sites (N-methyl/N-ethyl adjacent to an activating group) is 1. The van der Waals surface area contributed by atoms with Gasteiger partial charge in [-0.2, -0.15) is 0 Å². The summed E-state index contributed by atoms with van der Waals surface area (Å²) in [4.78, 5) is 18.7. The minimum absolute atomic E-state index is 0.0329. The third-order valence-corrected chi connectivity index (χ3v) is 4.58. The van der Waals surface area contributed by atoms with Crippen LogP contribution < -0.4 is 10.2 Å². The van der Waals surface area contributed by atoms with E-state index in [1.54, 1.807) is 11.3 Å². The van der Waals surface area contributed by atoms with Gasteiger partial charge in [0.1, 0.15) is 5.82 Å². The number of hydrogen-bond acceptors (Lipinski definition) is 4. The van der Waals surface area contributed by atoms with Crippen molar-refractivity contribution in [2.24, 2.45) is 11.8 Å². The Labute approximate surface area is 105 Å². The van der Waals surface area contributed by atoms with Crippen molar-refractivity contribution in [2.45, 2.75) is 25.8 Å². The molecule has 1 aromatic heterocycles. The highest BCUT2D eigenvalue weighted by atomic mass is 32.1. The Morgan fingerprint density at radius 3 is 2.94 bits per heavy atom. The summed E-state index contributed by atoms with van der Waals surface area (Å²) in [5.74, 6) is 2.45. The third-order valence-electron chi connectivity index (χ3n) is 3.82. The van der Waals surface area contributed by atoms with Crippen LogP contribution in [0.25, 0.3) is 0 Å². The summed E-state index contributed by atoms with van der Waals surface area (Å²) in [6, 6.07) is -0.0329. The van der Waals surface area contributed by atoms with E-state index in [0.29, 0.717) is 5.92 Å². The zero-order valence-electron chi connectivity index (χ0n) is 10.1. The second kappa shape index (κ2) is 4.07. The number of carbonyl (C=O) groups is 1. The Balaban J connectivity index is 1.88. The maximum atomic E-state index is 12.4. The van der Waals surface area contributed by atoms with Crippen molar-refractivity contribution < 1.29 is 4.79 Å². The molecule has 5 heteroatoms. The van der Waals surface area contributed by atoms with Crippen LogP contribution in [0, 0.1) is 18.8 Å². The molecule has 0 spiro atoms. The van der Waals surface area contributed by atoms with E-state index in [-0.39, 0.29) is 11.9 Å². The Kier molecular flexibility index (Phi) is 2.67. The number of amides is 1. The fourth-order valence-electron chi connectivity index (χ4n) is 2.66. The van der Waals surface area contributed by atoms with Gasteiger partial charge in [-0.25, -0.2) is 4.98 Å². The van der Waals surface area contributed by atoms with E-state index in [4.69, 9.17) is 0 Å². The van der Waals surface area contributed by atoms with E-state index >= 15 is 0 Å². The third kappa shape index (κ3) is 1.98. The van der Waals surface area contributed by atoms with Crippen LogP contribution in [0.4, 0.5) is 5.82 Å². The van der Waals surface area contributed by atoms with Crippen LogP contribution in [0.5, 0.6) is 0 Å². The number of hydrogen-bond donors (Lipinski definition) is 1. The van der Waals surface area contributed by atoms with E-state index in [1.165, 1.54) is 6.42 Å². The molecule has 2 fully saturated rings. The minimum Gasteiger partial charge on any atom is -0.309 e. The second-order valence-electron chi connectivity index (χ2n) is 5.01. The van der Waals surface area contributed by atoms with E-state index < -0.39 is 0 Å². The van der Waals surface area contributed by atoms with Crippen molar-refractivity contribution in [1.29, 1.82) is 0 Å². The molecule has 2 aliphatic rings. The van der Waals surface area contributed by atoms with E-state index in [1.807, 2.05) is 24.3 Å². The highest BCUT2D eigenvalue weighted by molar-refractivity contribution is 7.09. The van der Waals surface area contributed by atoms with Crippen molar-refractivity contribution in [3.05, 3.63) is 10.4 Å². The summed E-state index contributed by atoms with van der Waals surface area (Å²) in [6.45, 7) is 2.83. The molecule has 0 aromatic carbocycles. The first-order valence-corrected chi connectivity index (χ1v) is 6.97. The first-order chi connectivity index (χ1) is 8.19. The molecule has 1 aliphatic heterocycles. The smallest absolute Gasteiger partial charge is 0.245 e. The Bertz CT molecular complexity index is 445. The number of rotatable bonds is 2. The zero-order valence-corrected chi connectivity index (χ0v) is 11.0. The van der Waals surface area contributed by atoms with Crippen molar-refractivity contribution in [3.8, 4) is 0 Å². The molecule has 2 heterocycles. The van der Waals surface area contributed by atoms with Gasteiger partial charge >= 0.3 is 0 Å². The molecule has 3 unspecified atom stereocenters. The molecule has 1 amide bonds. The Hall–Kier alpha value is -0.940. The number of anilines is 1. The highest BCUT2D eigenvalue weighted by Crippen LogP contribution is 2.45. The van der Waals surface area contributed by atoms with Crippen LogP contribution in [-0.4, -0.2) is 30.5 Å². The van der Waals surface area contributed by atoms with Gasteiger partial charge in [0.15, 0.2) is 0 Å². The predicted octanol–water partition coefficient (Wildman–Crippen LogP) is 1.41. The SMILES string of the molecule is CNC1CC2CC2CN(c2csc(C)n2)C1=O. The van der Waals surface area contributed by atoms with Crippen LogP contribution in [-0.2, 0) is 4.79 Å². The number of carbonyl (C=O) groups excluding carboxylic acids is 1. The lowest BCUT2D eigenvalue weighted by Gasteiger charge is -2.23. The van der Waals surface area contributed by atoms with Gasteiger partial charge in [0.05, 0.1) is 11.0 Å². The largest absolute Gasteiger partial charge is 0.309 e. The fraction of sp³-hybridized carbons (Fsp3) is 0.667. The molecular weight excluding hydrogens is 234 g/mol. The van der Waals surface area contributed by atoms with Gasteiger partial charge in [-0.15, -0.1) is 11.3 Å². The van der Waals surface area contributed by atoms with Crippen LogP contribution in [0.3, 0.4) is 0 Å². The number of aryl methyl sites for hydroxylation is 1. The van der Waals surface area contributed by atoms with Crippen molar-refractivity contribution in [3.63, 3.8) is 0 Å². The maximum Gasteiger partial charge on any atom is 0.245 e. The summed E-state index contributed by atoms with van der Waals surface area (Å²) < 4.78 is 0. The van der Waals surface area contributed by atoms with Gasteiger partial charge in [0.2, 0.25) is 5.91 Å². The molecule has 1 saturated heterocycles. The van der Waals surface area contributed by atoms with Gasteiger partial charge in [-0.3, -0.25) is 9.69 Å². The molecular formula is C12H17N3OS. The summed E-state index contributed by atoms with van der Waals surface area (Å²) >= 11 is 1.61. The quantitative estimate of drug-likeness (QED) is 0.864. The first kappa shape index (κ1) is 11.2. The molecule has 17 heavy (non-hydrogen) atoms. The predicted molar refractivity (Wildman–Crippen MR) is 68.3 cm³/mol. The lowest BCUT2D eigenvalue weighted by atomic mass is 10.1. The Morgan fingerprint density at radius 2 is 2.29 bits per heavy atom. The monoisotopic (exact) mass is 251 g/mol. The van der Waals surface area contributed by atoms with Gasteiger partial charge in [-0.05, 0) is 38.6 Å². The van der Waals surface area contributed by atoms with Crippen molar-refractivity contribution in [1.82, 2.24) is 10.3 Å². The summed E-state index contributed by atoms with van der Waals surface area (Å²) in [5.41, 5.74) is 0. The minimum atomic E-state index is -0.0329. The standard InChI is InChI=1S/C12H17N3OS/c1-7-14-11(6-17-7)15-5-9-3-8(9)4-10(13-2)12(15)16/h6,8-10,13H,3-5H2,1-2H3. The van der Waals surface area contributed by atoms with Gasteiger partial charge in [0.25, 0.3) is 0 Å². The lowest BCUT2D eigenvalue weighted by Crippen LogP contribution is -2.45. The zero-order chi connectivity index (χ0) is 12.0. The Morgan fingerprint density at radius 1 is 1.47 bits per heavy atom. The lowest BCUT2D eigenvalue weighted by molar-refractivity contribution is -0.120. The average Bonchev–Trinajstić information content (AvgIpc) is 2.94. The van der Waals surface area contributed by atoms with Crippen LogP contribution in [0.15, 0.2) is 5.38 Å². The normalized spacial score (nSPS) is 32.2. The molecule has 4 nitrogen and oxygen atoms in total. The fourth-order valence-corrected chi connectivity index (χ4v) is 3.26. The van der Waals surface area contributed by atoms with Gasteiger partial charge in [-0.1, -0.05) is 0 Å². The number of nitrogens with zero attached hydrogens (tertiary/aromatic N) is 2. The summed E-state index contributed by atoms with van der Waals surface area (Å²) in [6.07, 6.45) is 2.25. The number of aromatic nitrogens is 1. The molecule has 1 aliphatic carbocycles. The summed E-state index contributed by atoms with van der Waals surface area (Å²) in [7, 11) is 1.87. The van der Waals surface area contributed by atoms with Crippen LogP contribution >= 0.6 is 11.3 Å². The number of thiazole rings is 1. The molecule has 1 N–H and O–H groups in total. The molecule has 3 rings (SSSR count). The number of fused-ring (bicyclic) bond motifs is 1. The van der Waals surface area contributed by atoms with Crippen molar-refractivity contribution >= 4 is 23.1 Å². The van der Waals surface area contributed by atoms with E-state index in [0.717, 1.165) is 29.7 Å². The molecule has 0 radical (unpaired) electrons. The molecule has 1 aromatic rings. The average molecular weight is 251 g/mol. The van der Waals surface area contributed by atoms with Gasteiger partial charge < -0.3 is 5.32 Å².